The summed E-state index contributed by atoms with van der Waals surface area (Å²) in [6.07, 6.45) is 4.94. The Morgan fingerprint density at radius 3 is 2.97 bits per heavy atom. The van der Waals surface area contributed by atoms with Gasteiger partial charge >= 0.3 is 0 Å². The van der Waals surface area contributed by atoms with Crippen LogP contribution in [0.2, 0.25) is 5.02 Å². The average Bonchev–Trinajstić information content (AvgIpc) is 3.39. The van der Waals surface area contributed by atoms with Crippen molar-refractivity contribution in [3.8, 4) is 0 Å². The molecule has 3 aromatic heterocycles. The van der Waals surface area contributed by atoms with Gasteiger partial charge < -0.3 is 19.9 Å². The molecule has 1 aliphatic rings. The second-order valence-electron chi connectivity index (χ2n) is 9.17. The number of halogens is 1. The van der Waals surface area contributed by atoms with Gasteiger partial charge in [-0.15, -0.1) is 0 Å². The van der Waals surface area contributed by atoms with Gasteiger partial charge in [0.15, 0.2) is 0 Å². The van der Waals surface area contributed by atoms with E-state index in [2.05, 4.69) is 24.8 Å². The fourth-order valence-electron chi connectivity index (χ4n) is 4.73. The molecule has 0 saturated carbocycles. The van der Waals surface area contributed by atoms with Gasteiger partial charge in [0.1, 0.15) is 11.4 Å². The van der Waals surface area contributed by atoms with Crippen LogP contribution in [-0.4, -0.2) is 68.1 Å². The highest BCUT2D eigenvalue weighted by Crippen LogP contribution is 2.32. The second-order valence-corrected chi connectivity index (χ2v) is 9.60. The zero-order chi connectivity index (χ0) is 23.9. The van der Waals surface area contributed by atoms with Crippen LogP contribution in [0.5, 0.6) is 0 Å². The minimum Gasteiger partial charge on any atom is -0.386 e. The molecular weight excluding hydrogens is 452 g/mol. The molecule has 1 saturated heterocycles. The Kier molecular flexibility index (Phi) is 5.87. The lowest BCUT2D eigenvalue weighted by Crippen LogP contribution is -2.46. The molecule has 34 heavy (non-hydrogen) atoms. The van der Waals surface area contributed by atoms with Crippen molar-refractivity contribution in [1.29, 1.82) is 0 Å². The third-order valence-corrected chi connectivity index (χ3v) is 6.65. The number of aliphatic hydroxyl groups is 1. The van der Waals surface area contributed by atoms with Crippen molar-refractivity contribution in [2.45, 2.75) is 31.8 Å². The molecule has 1 fully saturated rings. The Morgan fingerprint density at radius 2 is 2.12 bits per heavy atom. The van der Waals surface area contributed by atoms with E-state index < -0.39 is 5.60 Å². The lowest BCUT2D eigenvalue weighted by molar-refractivity contribution is -0.132. The number of nitrogens with zero attached hydrogens (tertiary/aromatic N) is 5. The fraction of sp³-hybridized carbons (Fsp3) is 0.360. The van der Waals surface area contributed by atoms with Crippen molar-refractivity contribution < 1.29 is 9.90 Å². The van der Waals surface area contributed by atoms with Crippen LogP contribution in [0.3, 0.4) is 0 Å². The monoisotopic (exact) mass is 478 g/mol. The highest BCUT2D eigenvalue weighted by molar-refractivity contribution is 6.31. The van der Waals surface area contributed by atoms with Crippen LogP contribution in [0, 0.1) is 6.92 Å². The number of anilines is 1. The highest BCUT2D eigenvalue weighted by Gasteiger charge is 2.38. The molecule has 1 atom stereocenters. The Morgan fingerprint density at radius 1 is 1.26 bits per heavy atom. The number of carbonyl (C=O) groups excluding carboxylic acids is 1. The summed E-state index contributed by atoms with van der Waals surface area (Å²) in [6, 6.07) is 9.41. The third kappa shape index (κ3) is 4.56. The Labute approximate surface area is 202 Å². The molecule has 4 aromatic rings. The van der Waals surface area contributed by atoms with Gasteiger partial charge in [-0.2, -0.15) is 0 Å². The van der Waals surface area contributed by atoms with E-state index in [1.165, 1.54) is 0 Å². The number of fused-ring (bicyclic) bond motifs is 2. The van der Waals surface area contributed by atoms with Gasteiger partial charge in [-0.1, -0.05) is 11.6 Å². The van der Waals surface area contributed by atoms with E-state index in [0.717, 1.165) is 39.1 Å². The first-order valence-electron chi connectivity index (χ1n) is 11.4. The quantitative estimate of drug-likeness (QED) is 0.440. The van der Waals surface area contributed by atoms with E-state index in [1.807, 2.05) is 37.4 Å². The minimum atomic E-state index is -0.980. The number of nitrogens with one attached hydrogen (secondary N) is 1. The standard InChI is InChI=1S/C25H27ClN6O2/c1-16-11-22(18-13-27-9-7-19(18)28-16)32-10-8-25(34,15-32)14-31(2)24(33)6-5-23-29-20-4-3-17(26)12-21(20)30-23/h3-4,7,9,11-13,34H,5-6,8,10,14-15H2,1-2H3,(H,29,30)/t25-/m0/s1. The Bertz CT molecular complexity index is 1370. The van der Waals surface area contributed by atoms with Gasteiger partial charge in [-0.25, -0.2) is 4.98 Å². The number of aromatic nitrogens is 4. The molecule has 176 valence electrons. The zero-order valence-electron chi connectivity index (χ0n) is 19.3. The molecule has 2 N–H and O–H groups in total. The molecule has 0 bridgehead atoms. The number of β-amino-alcohol motifs (C(OH)–C–C–N with tert-alkyl or cyclic N) is 1. The number of amides is 1. The number of hydrogen-bond donors (Lipinski definition) is 2. The largest absolute Gasteiger partial charge is 0.386 e. The van der Waals surface area contributed by atoms with Gasteiger partial charge in [-0.05, 0) is 43.7 Å². The maximum absolute atomic E-state index is 12.8. The lowest BCUT2D eigenvalue weighted by Gasteiger charge is -2.29. The molecular formula is C25H27ClN6O2. The van der Waals surface area contributed by atoms with E-state index in [4.69, 9.17) is 11.6 Å². The van der Waals surface area contributed by atoms with Gasteiger partial charge in [0.25, 0.3) is 0 Å². The molecule has 9 heteroatoms. The zero-order valence-corrected chi connectivity index (χ0v) is 20.0. The van der Waals surface area contributed by atoms with Crippen LogP contribution in [-0.2, 0) is 11.2 Å². The van der Waals surface area contributed by atoms with E-state index in [0.29, 0.717) is 37.4 Å². The van der Waals surface area contributed by atoms with Gasteiger partial charge in [-0.3, -0.25) is 14.8 Å². The van der Waals surface area contributed by atoms with Crippen LogP contribution < -0.4 is 4.90 Å². The van der Waals surface area contributed by atoms with Crippen molar-refractivity contribution in [2.24, 2.45) is 0 Å². The van der Waals surface area contributed by atoms with Crippen molar-refractivity contribution in [3.05, 3.63) is 59.3 Å². The van der Waals surface area contributed by atoms with Crippen LogP contribution in [0.15, 0.2) is 42.7 Å². The molecule has 5 rings (SSSR count). The van der Waals surface area contributed by atoms with Crippen LogP contribution >= 0.6 is 11.6 Å². The number of likely N-dealkylation sites (N-methyl/N-ethyl adjacent to an activating group) is 1. The van der Waals surface area contributed by atoms with Crippen LogP contribution in [0.4, 0.5) is 5.69 Å². The molecule has 0 radical (unpaired) electrons. The molecule has 4 heterocycles. The van der Waals surface area contributed by atoms with Crippen molar-refractivity contribution >= 4 is 45.1 Å². The topological polar surface area (TPSA) is 98.2 Å². The summed E-state index contributed by atoms with van der Waals surface area (Å²) >= 11 is 6.03. The molecule has 1 aromatic carbocycles. The highest BCUT2D eigenvalue weighted by atomic mass is 35.5. The Hall–Kier alpha value is -3.23. The molecule has 8 nitrogen and oxygen atoms in total. The fourth-order valence-corrected chi connectivity index (χ4v) is 4.90. The first kappa shape index (κ1) is 22.6. The summed E-state index contributed by atoms with van der Waals surface area (Å²) in [5, 5.41) is 12.9. The number of carbonyl (C=O) groups is 1. The molecule has 0 unspecified atom stereocenters. The van der Waals surface area contributed by atoms with Gasteiger partial charge in [0.2, 0.25) is 5.91 Å². The maximum atomic E-state index is 12.8. The lowest BCUT2D eigenvalue weighted by atomic mass is 10.0. The number of H-pyrrole nitrogens is 1. The number of hydrogen-bond acceptors (Lipinski definition) is 6. The maximum Gasteiger partial charge on any atom is 0.222 e. The number of rotatable bonds is 6. The number of imidazole rings is 1. The third-order valence-electron chi connectivity index (χ3n) is 6.42. The van der Waals surface area contributed by atoms with E-state index in [1.54, 1.807) is 24.2 Å². The second kappa shape index (κ2) is 8.85. The Balaban J connectivity index is 1.22. The number of aryl methyl sites for hydroxylation is 2. The van der Waals surface area contributed by atoms with Crippen molar-refractivity contribution in [2.75, 3.05) is 31.6 Å². The molecule has 1 amide bonds. The smallest absolute Gasteiger partial charge is 0.222 e. The van der Waals surface area contributed by atoms with E-state index >= 15 is 0 Å². The summed E-state index contributed by atoms with van der Waals surface area (Å²) < 4.78 is 0. The summed E-state index contributed by atoms with van der Waals surface area (Å²) in [7, 11) is 1.75. The predicted molar refractivity (Wildman–Crippen MR) is 133 cm³/mol. The number of pyridine rings is 2. The molecule has 1 aliphatic heterocycles. The SMILES string of the molecule is Cc1cc(N2CC[C@](O)(CN(C)C(=O)CCc3nc4ccc(Cl)cc4[nH]3)C2)c2cnccc2n1. The minimum absolute atomic E-state index is 0.0280. The molecule has 0 aliphatic carbocycles. The van der Waals surface area contributed by atoms with Crippen LogP contribution in [0.25, 0.3) is 21.9 Å². The summed E-state index contributed by atoms with van der Waals surface area (Å²) in [5.41, 5.74) is 3.54. The van der Waals surface area contributed by atoms with E-state index in [-0.39, 0.29) is 12.5 Å². The normalized spacial score (nSPS) is 18.2. The van der Waals surface area contributed by atoms with Crippen LogP contribution in [0.1, 0.15) is 24.4 Å². The number of aromatic amines is 1. The number of benzene rings is 1. The summed E-state index contributed by atoms with van der Waals surface area (Å²) in [4.78, 5) is 33.2. The first-order valence-corrected chi connectivity index (χ1v) is 11.7. The van der Waals surface area contributed by atoms with Gasteiger partial charge in [0, 0.05) is 67.2 Å². The van der Waals surface area contributed by atoms with Gasteiger partial charge in [0.05, 0.1) is 23.1 Å². The van der Waals surface area contributed by atoms with E-state index in [9.17, 15) is 9.90 Å². The molecule has 0 spiro atoms. The summed E-state index contributed by atoms with van der Waals surface area (Å²) in [6.45, 7) is 3.39. The van der Waals surface area contributed by atoms with Crippen molar-refractivity contribution in [1.82, 2.24) is 24.8 Å². The summed E-state index contributed by atoms with van der Waals surface area (Å²) in [5.74, 6) is 0.720. The predicted octanol–water partition coefficient (Wildman–Crippen LogP) is 3.50. The average molecular weight is 479 g/mol. The first-order chi connectivity index (χ1) is 16.3. The van der Waals surface area contributed by atoms with Crippen molar-refractivity contribution in [3.63, 3.8) is 0 Å².